The van der Waals surface area contributed by atoms with Crippen LogP contribution in [0.5, 0.6) is 17.2 Å². The molecule has 1 N–H and O–H groups in total. The molecular formula is C29H42N2O6. The number of nitrogens with one attached hydrogen (secondary N) is 1. The number of piperidine rings is 1. The molecule has 0 radical (unpaired) electrons. The summed E-state index contributed by atoms with van der Waals surface area (Å²) in [5.41, 5.74) is 1.65. The molecular weight excluding hydrogens is 472 g/mol. The van der Waals surface area contributed by atoms with Crippen LogP contribution in [0.25, 0.3) is 0 Å². The van der Waals surface area contributed by atoms with Crippen molar-refractivity contribution in [2.45, 2.75) is 45.4 Å². The van der Waals surface area contributed by atoms with Crippen LogP contribution >= 0.6 is 0 Å². The van der Waals surface area contributed by atoms with Crippen LogP contribution in [-0.4, -0.2) is 77.1 Å². The quantitative estimate of drug-likeness (QED) is 0.379. The number of ether oxygens (including phenoxy) is 5. The molecule has 0 saturated carbocycles. The fourth-order valence-electron chi connectivity index (χ4n) is 4.73. The van der Waals surface area contributed by atoms with E-state index < -0.39 is 0 Å². The van der Waals surface area contributed by atoms with Crippen LogP contribution < -0.4 is 19.5 Å². The van der Waals surface area contributed by atoms with E-state index in [2.05, 4.69) is 19.2 Å². The maximum Gasteiger partial charge on any atom is 0.254 e. The molecule has 2 aromatic rings. The highest BCUT2D eigenvalue weighted by molar-refractivity contribution is 5.95. The highest BCUT2D eigenvalue weighted by Crippen LogP contribution is 2.30. The predicted octanol–water partition coefficient (Wildman–Crippen LogP) is 4.16. The Labute approximate surface area is 221 Å². The van der Waals surface area contributed by atoms with Gasteiger partial charge in [0.1, 0.15) is 5.75 Å². The smallest absolute Gasteiger partial charge is 0.254 e. The summed E-state index contributed by atoms with van der Waals surface area (Å²) in [4.78, 5) is 15.8. The van der Waals surface area contributed by atoms with Gasteiger partial charge in [-0.1, -0.05) is 12.1 Å². The number of hydrogen-bond donors (Lipinski definition) is 1. The lowest BCUT2D eigenvalue weighted by atomic mass is 9.90. The van der Waals surface area contributed by atoms with Gasteiger partial charge in [0.15, 0.2) is 11.5 Å². The van der Waals surface area contributed by atoms with Crippen molar-refractivity contribution in [3.8, 4) is 17.2 Å². The number of carbonyl (C=O) groups excluding carboxylic acids is 1. The van der Waals surface area contributed by atoms with Crippen LogP contribution in [0.3, 0.4) is 0 Å². The monoisotopic (exact) mass is 514 g/mol. The minimum Gasteiger partial charge on any atom is -0.497 e. The fourth-order valence-corrected chi connectivity index (χ4v) is 4.73. The van der Waals surface area contributed by atoms with Gasteiger partial charge in [-0.2, -0.15) is 0 Å². The van der Waals surface area contributed by atoms with Gasteiger partial charge in [-0.25, -0.2) is 0 Å². The molecule has 8 nitrogen and oxygen atoms in total. The van der Waals surface area contributed by atoms with Crippen LogP contribution in [0.1, 0.15) is 42.6 Å². The number of nitrogens with zero attached hydrogens (tertiary/aromatic N) is 1. The van der Waals surface area contributed by atoms with Gasteiger partial charge in [0, 0.05) is 50.2 Å². The minimum atomic E-state index is -0.0223. The summed E-state index contributed by atoms with van der Waals surface area (Å²) in [6, 6.07) is 13.3. The second-order valence-corrected chi connectivity index (χ2v) is 9.55. The van der Waals surface area contributed by atoms with Crippen molar-refractivity contribution < 1.29 is 28.5 Å². The molecule has 1 heterocycles. The first-order valence-corrected chi connectivity index (χ1v) is 13.0. The third kappa shape index (κ3) is 8.09. The number of benzene rings is 2. The fraction of sp³-hybridized carbons (Fsp3) is 0.552. The van der Waals surface area contributed by atoms with E-state index in [0.717, 1.165) is 37.2 Å². The highest BCUT2D eigenvalue weighted by Gasteiger charge is 2.35. The second kappa shape index (κ2) is 14.8. The SMILES string of the molecule is COCCCOc1cc(C(=O)N(C(C)C)C2CNCCC2COCc2cccc(OC)c2)ccc1OC. The van der Waals surface area contributed by atoms with E-state index in [4.69, 9.17) is 23.7 Å². The van der Waals surface area contributed by atoms with Crippen molar-refractivity contribution in [2.24, 2.45) is 5.92 Å². The van der Waals surface area contributed by atoms with Gasteiger partial charge in [0.25, 0.3) is 5.91 Å². The maximum atomic E-state index is 13.9. The molecule has 3 rings (SSSR count). The summed E-state index contributed by atoms with van der Waals surface area (Å²) in [5.74, 6) is 2.19. The lowest BCUT2D eigenvalue weighted by molar-refractivity contribution is 0.0154. The number of rotatable bonds is 14. The zero-order valence-electron chi connectivity index (χ0n) is 22.8. The molecule has 1 amide bonds. The van der Waals surface area contributed by atoms with Gasteiger partial charge in [-0.15, -0.1) is 0 Å². The van der Waals surface area contributed by atoms with E-state index in [1.807, 2.05) is 35.2 Å². The summed E-state index contributed by atoms with van der Waals surface area (Å²) in [6.07, 6.45) is 1.69. The van der Waals surface area contributed by atoms with Crippen molar-refractivity contribution in [1.82, 2.24) is 10.2 Å². The summed E-state index contributed by atoms with van der Waals surface area (Å²) in [7, 11) is 4.93. The largest absolute Gasteiger partial charge is 0.497 e. The molecule has 0 spiro atoms. The first-order chi connectivity index (χ1) is 18.0. The van der Waals surface area contributed by atoms with E-state index in [0.29, 0.717) is 43.5 Å². The molecule has 0 bridgehead atoms. The number of methoxy groups -OCH3 is 3. The molecule has 204 valence electrons. The number of carbonyl (C=O) groups is 1. The Bertz CT molecular complexity index is 983. The zero-order chi connectivity index (χ0) is 26.6. The van der Waals surface area contributed by atoms with E-state index >= 15 is 0 Å². The molecule has 1 fully saturated rings. The molecule has 1 aliphatic heterocycles. The maximum absolute atomic E-state index is 13.9. The number of hydrogen-bond acceptors (Lipinski definition) is 7. The molecule has 8 heteroatoms. The third-order valence-electron chi connectivity index (χ3n) is 6.63. The molecule has 2 unspecified atom stereocenters. The number of amides is 1. The van der Waals surface area contributed by atoms with Crippen LogP contribution in [-0.2, 0) is 16.1 Å². The van der Waals surface area contributed by atoms with Crippen molar-refractivity contribution in [3.05, 3.63) is 53.6 Å². The standard InChI is InChI=1S/C29H42N2O6/c1-21(2)31(29(32)23-10-11-27(35-5)28(17-23)37-15-7-14-33-3)26-18-30-13-12-24(26)20-36-19-22-8-6-9-25(16-22)34-4/h6,8-11,16-17,21,24,26,30H,7,12-15,18-20H2,1-5H3. The lowest BCUT2D eigenvalue weighted by Crippen LogP contribution is -2.56. The molecule has 2 aromatic carbocycles. The minimum absolute atomic E-state index is 0.0136. The van der Waals surface area contributed by atoms with E-state index in [9.17, 15) is 4.79 Å². The van der Waals surface area contributed by atoms with Crippen molar-refractivity contribution in [2.75, 3.05) is 54.2 Å². The lowest BCUT2D eigenvalue weighted by Gasteiger charge is -2.42. The van der Waals surface area contributed by atoms with Gasteiger partial charge < -0.3 is 33.9 Å². The van der Waals surface area contributed by atoms with E-state index in [-0.39, 0.29) is 23.9 Å². The first kappa shape index (κ1) is 28.8. The zero-order valence-corrected chi connectivity index (χ0v) is 22.8. The summed E-state index contributed by atoms with van der Waals surface area (Å²) in [5, 5.41) is 3.48. The Morgan fingerprint density at radius 3 is 2.62 bits per heavy atom. The average molecular weight is 515 g/mol. The van der Waals surface area contributed by atoms with Crippen LogP contribution in [0.15, 0.2) is 42.5 Å². The van der Waals surface area contributed by atoms with Crippen molar-refractivity contribution >= 4 is 5.91 Å². The van der Waals surface area contributed by atoms with E-state index in [1.165, 1.54) is 0 Å². The Morgan fingerprint density at radius 1 is 1.05 bits per heavy atom. The normalized spacial score (nSPS) is 17.5. The second-order valence-electron chi connectivity index (χ2n) is 9.55. The van der Waals surface area contributed by atoms with Gasteiger partial charge in [0.2, 0.25) is 0 Å². The summed E-state index contributed by atoms with van der Waals surface area (Å²) < 4.78 is 28.0. The van der Waals surface area contributed by atoms with Gasteiger partial charge in [0.05, 0.1) is 34.0 Å². The topological polar surface area (TPSA) is 78.5 Å². The average Bonchev–Trinajstić information content (AvgIpc) is 2.92. The van der Waals surface area contributed by atoms with Gasteiger partial charge in [-0.05, 0) is 62.7 Å². The van der Waals surface area contributed by atoms with Crippen LogP contribution in [0.4, 0.5) is 0 Å². The molecule has 1 aliphatic rings. The van der Waals surface area contributed by atoms with Gasteiger partial charge >= 0.3 is 0 Å². The Balaban J connectivity index is 1.72. The third-order valence-corrected chi connectivity index (χ3v) is 6.63. The molecule has 37 heavy (non-hydrogen) atoms. The van der Waals surface area contributed by atoms with Gasteiger partial charge in [-0.3, -0.25) is 4.79 Å². The van der Waals surface area contributed by atoms with Crippen molar-refractivity contribution in [1.29, 1.82) is 0 Å². The highest BCUT2D eigenvalue weighted by atomic mass is 16.5. The molecule has 1 saturated heterocycles. The van der Waals surface area contributed by atoms with Crippen molar-refractivity contribution in [3.63, 3.8) is 0 Å². The Hall–Kier alpha value is -2.81. The molecule has 0 aliphatic carbocycles. The first-order valence-electron chi connectivity index (χ1n) is 13.0. The predicted molar refractivity (Wildman–Crippen MR) is 144 cm³/mol. The van der Waals surface area contributed by atoms with E-state index in [1.54, 1.807) is 33.5 Å². The molecule has 2 atom stereocenters. The Kier molecular flexibility index (Phi) is 11.5. The summed E-state index contributed by atoms with van der Waals surface area (Å²) in [6.45, 7) is 7.94. The Morgan fingerprint density at radius 2 is 1.89 bits per heavy atom. The summed E-state index contributed by atoms with van der Waals surface area (Å²) >= 11 is 0. The van der Waals surface area contributed by atoms with Crippen LogP contribution in [0, 0.1) is 5.92 Å². The molecule has 0 aromatic heterocycles. The van der Waals surface area contributed by atoms with Crippen LogP contribution in [0.2, 0.25) is 0 Å².